The van der Waals surface area contributed by atoms with Crippen LogP contribution in [0.5, 0.6) is 0 Å². The van der Waals surface area contributed by atoms with Gasteiger partial charge in [-0.15, -0.1) is 12.4 Å². The number of hydrogen-bond acceptors (Lipinski definition) is 5. The number of benzene rings is 1. The fraction of sp³-hybridized carbons (Fsp3) is 0.714. The van der Waals surface area contributed by atoms with Crippen molar-refractivity contribution in [3.05, 3.63) is 29.8 Å². The summed E-state index contributed by atoms with van der Waals surface area (Å²) in [5, 5.41) is 3.16. The summed E-state index contributed by atoms with van der Waals surface area (Å²) in [5.74, 6) is 0.678. The van der Waals surface area contributed by atoms with Crippen LogP contribution in [-0.2, 0) is 26.2 Å². The van der Waals surface area contributed by atoms with E-state index in [1.807, 2.05) is 17.0 Å². The number of likely N-dealkylation sites (tertiary alicyclic amines) is 1. The Bertz CT molecular complexity index is 1050. The molecule has 10 heteroatoms. The topological polar surface area (TPSA) is 90.0 Å². The van der Waals surface area contributed by atoms with Crippen molar-refractivity contribution >= 4 is 34.2 Å². The van der Waals surface area contributed by atoms with E-state index >= 15 is 0 Å². The largest absolute Gasteiger partial charge is 0.342 e. The number of halogens is 1. The van der Waals surface area contributed by atoms with Gasteiger partial charge in [0.05, 0.1) is 4.90 Å². The van der Waals surface area contributed by atoms with Crippen LogP contribution in [-0.4, -0.2) is 79.6 Å². The number of hydrogen-bond donors (Lipinski definition) is 1. The van der Waals surface area contributed by atoms with Crippen molar-refractivity contribution in [2.24, 2.45) is 5.92 Å². The fourth-order valence-corrected chi connectivity index (χ4v) is 7.15. The molecule has 2 heterocycles. The number of piperazine rings is 1. The van der Waals surface area contributed by atoms with Gasteiger partial charge in [0.15, 0.2) is 0 Å². The van der Waals surface area contributed by atoms with Crippen molar-refractivity contribution in [3.63, 3.8) is 0 Å². The second-order valence-corrected chi connectivity index (χ2v) is 13.5. The molecule has 1 spiro atoms. The smallest absolute Gasteiger partial charge is 0.246 e. The van der Waals surface area contributed by atoms with Crippen molar-refractivity contribution in [1.82, 2.24) is 19.4 Å². The zero-order valence-corrected chi connectivity index (χ0v) is 24.8. The molecule has 1 aromatic rings. The molecule has 1 aliphatic carbocycles. The predicted octanol–water partition coefficient (Wildman–Crippen LogP) is 3.79. The van der Waals surface area contributed by atoms with Gasteiger partial charge < -0.3 is 10.2 Å². The minimum absolute atomic E-state index is 0. The first kappa shape index (κ1) is 30.9. The molecule has 0 radical (unpaired) electrons. The van der Waals surface area contributed by atoms with Gasteiger partial charge in [-0.1, -0.05) is 57.6 Å². The number of rotatable bonds is 9. The van der Waals surface area contributed by atoms with E-state index in [0.717, 1.165) is 37.7 Å². The maximum absolute atomic E-state index is 13.7. The van der Waals surface area contributed by atoms with Gasteiger partial charge >= 0.3 is 0 Å². The number of carbonyl (C=O) groups is 2. The Morgan fingerprint density at radius 1 is 1.03 bits per heavy atom. The highest BCUT2D eigenvalue weighted by Crippen LogP contribution is 2.36. The molecule has 0 aromatic heterocycles. The monoisotopic (exact) mass is 568 g/mol. The number of carbonyl (C=O) groups excluding carboxylic acids is 2. The molecular formula is C28H45ClN4O4S. The van der Waals surface area contributed by atoms with E-state index in [9.17, 15) is 18.0 Å². The second-order valence-electron chi connectivity index (χ2n) is 11.3. The molecule has 1 saturated carbocycles. The first-order valence-electron chi connectivity index (χ1n) is 14.0. The van der Waals surface area contributed by atoms with Gasteiger partial charge in [-0.05, 0) is 49.3 Å². The third-order valence-corrected chi connectivity index (χ3v) is 10.5. The summed E-state index contributed by atoms with van der Waals surface area (Å²) in [6.45, 7) is 4.89. The van der Waals surface area contributed by atoms with Gasteiger partial charge in [0.25, 0.3) is 0 Å². The summed E-state index contributed by atoms with van der Waals surface area (Å²) < 4.78 is 25.9. The number of nitrogens with one attached hydrogen (secondary N) is 1. The van der Waals surface area contributed by atoms with E-state index in [0.29, 0.717) is 44.9 Å². The highest BCUT2D eigenvalue weighted by Gasteiger charge is 2.53. The van der Waals surface area contributed by atoms with Gasteiger partial charge in [0.2, 0.25) is 21.8 Å². The van der Waals surface area contributed by atoms with Gasteiger partial charge in [-0.25, -0.2) is 12.7 Å². The van der Waals surface area contributed by atoms with Crippen LogP contribution < -0.4 is 5.32 Å². The minimum Gasteiger partial charge on any atom is -0.342 e. The van der Waals surface area contributed by atoms with Crippen LogP contribution in [0, 0.1) is 5.92 Å². The average Bonchev–Trinajstić information content (AvgIpc) is 2.89. The molecule has 0 bridgehead atoms. The van der Waals surface area contributed by atoms with Crippen molar-refractivity contribution in [2.45, 2.75) is 94.2 Å². The van der Waals surface area contributed by atoms with Crippen LogP contribution in [0.25, 0.3) is 0 Å². The Kier molecular flexibility index (Phi) is 10.6. The van der Waals surface area contributed by atoms with Crippen LogP contribution in [0.2, 0.25) is 0 Å². The maximum atomic E-state index is 13.7. The van der Waals surface area contributed by atoms with Crippen LogP contribution >= 0.6 is 12.4 Å². The quantitative estimate of drug-likeness (QED) is 0.489. The molecule has 0 unspecified atom stereocenters. The first-order valence-corrected chi connectivity index (χ1v) is 15.5. The van der Waals surface area contributed by atoms with Gasteiger partial charge in [0.1, 0.15) is 11.6 Å². The lowest BCUT2D eigenvalue weighted by Crippen LogP contribution is -2.73. The molecule has 1 aromatic carbocycles. The molecular weight excluding hydrogens is 524 g/mol. The summed E-state index contributed by atoms with van der Waals surface area (Å²) >= 11 is 0. The molecule has 8 nitrogen and oxygen atoms in total. The summed E-state index contributed by atoms with van der Waals surface area (Å²) in [4.78, 5) is 31.8. The number of sulfonamides is 1. The zero-order valence-electron chi connectivity index (χ0n) is 23.2. The summed E-state index contributed by atoms with van der Waals surface area (Å²) in [6, 6.07) is 6.65. The van der Waals surface area contributed by atoms with Gasteiger partial charge in [-0.2, -0.15) is 0 Å². The van der Waals surface area contributed by atoms with Gasteiger partial charge in [-0.3, -0.25) is 14.5 Å². The molecule has 2 amide bonds. The second kappa shape index (κ2) is 13.1. The molecule has 3 aliphatic rings. The Morgan fingerprint density at radius 3 is 2.24 bits per heavy atom. The molecule has 38 heavy (non-hydrogen) atoms. The highest BCUT2D eigenvalue weighted by atomic mass is 35.5. The van der Waals surface area contributed by atoms with Crippen molar-refractivity contribution in [3.8, 4) is 0 Å². The third kappa shape index (κ3) is 6.54. The summed E-state index contributed by atoms with van der Waals surface area (Å²) in [6.07, 6.45) is 9.98. The van der Waals surface area contributed by atoms with Crippen LogP contribution in [0.4, 0.5) is 0 Å². The Labute approximate surface area is 235 Å². The molecule has 1 atom stereocenters. The Hall–Kier alpha value is -1.68. The Morgan fingerprint density at radius 2 is 1.66 bits per heavy atom. The normalized spacial score (nSPS) is 22.9. The molecule has 1 N–H and O–H groups in total. The third-order valence-electron chi connectivity index (χ3n) is 8.63. The van der Waals surface area contributed by atoms with Crippen LogP contribution in [0.3, 0.4) is 0 Å². The SMILES string of the molecule is CCCCN1C(=O)[C@H](CC2CCCCC2)NC(=O)C12CCN(Cc1ccc(S(=O)(=O)N(C)C)cc1)CC2.Cl. The fourth-order valence-electron chi connectivity index (χ4n) is 6.25. The molecule has 3 fully saturated rings. The lowest BCUT2D eigenvalue weighted by Gasteiger charge is -2.52. The van der Waals surface area contributed by atoms with Crippen molar-refractivity contribution in [2.75, 3.05) is 33.7 Å². The molecule has 2 saturated heterocycles. The molecule has 4 rings (SSSR count). The maximum Gasteiger partial charge on any atom is 0.246 e. The van der Waals surface area contributed by atoms with Crippen LogP contribution in [0.1, 0.15) is 76.7 Å². The average molecular weight is 569 g/mol. The summed E-state index contributed by atoms with van der Waals surface area (Å²) in [7, 11) is -0.390. The van der Waals surface area contributed by atoms with E-state index in [1.54, 1.807) is 12.1 Å². The van der Waals surface area contributed by atoms with Gasteiger partial charge in [0, 0.05) is 40.3 Å². The Balaban J connectivity index is 0.00000400. The molecule has 214 valence electrons. The number of piperidine rings is 1. The zero-order chi connectivity index (χ0) is 26.6. The van der Waals surface area contributed by atoms with E-state index < -0.39 is 15.6 Å². The van der Waals surface area contributed by atoms with Crippen molar-refractivity contribution < 1.29 is 18.0 Å². The lowest BCUT2D eigenvalue weighted by molar-refractivity contribution is -0.162. The van der Waals surface area contributed by atoms with Crippen molar-refractivity contribution in [1.29, 1.82) is 0 Å². The van der Waals surface area contributed by atoms with E-state index in [1.165, 1.54) is 37.7 Å². The number of unbranched alkanes of at least 4 members (excludes halogenated alkanes) is 1. The number of nitrogens with zero attached hydrogens (tertiary/aromatic N) is 3. The lowest BCUT2D eigenvalue weighted by atomic mass is 9.79. The summed E-state index contributed by atoms with van der Waals surface area (Å²) in [5.41, 5.74) is 0.281. The first-order chi connectivity index (χ1) is 17.7. The van der Waals surface area contributed by atoms with E-state index in [-0.39, 0.29) is 35.2 Å². The van der Waals surface area contributed by atoms with Crippen LogP contribution in [0.15, 0.2) is 29.2 Å². The number of amides is 2. The highest BCUT2D eigenvalue weighted by molar-refractivity contribution is 7.89. The van der Waals surface area contributed by atoms with E-state index in [2.05, 4.69) is 17.1 Å². The molecule has 2 aliphatic heterocycles. The predicted molar refractivity (Wildman–Crippen MR) is 152 cm³/mol. The minimum atomic E-state index is -3.45. The standard InChI is InChI=1S/C28H44N4O4S.ClH/c1-4-5-17-32-26(33)25(20-22-9-7-6-8-10-22)29-27(34)28(32)15-18-31(19-16-28)21-23-11-13-24(14-12-23)37(35,36)30(2)3;/h11-14,22,25H,4-10,15-21H2,1-3H3,(H,29,34);1H/t25-;/m0./s1. The van der Waals surface area contributed by atoms with E-state index in [4.69, 9.17) is 0 Å².